The van der Waals surface area contributed by atoms with E-state index in [0.717, 1.165) is 6.54 Å². The Labute approximate surface area is 183 Å². The number of likely N-dealkylation sites (tertiary alicyclic amines) is 1. The number of nitrogens with zero attached hydrogens (tertiary/aromatic N) is 2. The van der Waals surface area contributed by atoms with Gasteiger partial charge in [-0.2, -0.15) is 0 Å². The molecule has 0 N–H and O–H groups in total. The van der Waals surface area contributed by atoms with Crippen molar-refractivity contribution in [3.8, 4) is 0 Å². The van der Waals surface area contributed by atoms with Crippen molar-refractivity contribution >= 4 is 29.2 Å². The van der Waals surface area contributed by atoms with Gasteiger partial charge in [0.25, 0.3) is 0 Å². The summed E-state index contributed by atoms with van der Waals surface area (Å²) in [6, 6.07) is 17.5. The molecule has 0 spiro atoms. The van der Waals surface area contributed by atoms with Gasteiger partial charge in [-0.1, -0.05) is 61.0 Å². The molecule has 1 saturated heterocycles. The average Bonchev–Trinajstić information content (AvgIpc) is 2.77. The van der Waals surface area contributed by atoms with Crippen LogP contribution in [0.25, 0.3) is 0 Å². The van der Waals surface area contributed by atoms with Crippen LogP contribution >= 0.6 is 11.6 Å². The monoisotopic (exact) mass is 428 g/mol. The third-order valence-corrected chi connectivity index (χ3v) is 5.98. The van der Waals surface area contributed by atoms with E-state index in [2.05, 4.69) is 17.0 Å². The molecule has 0 aromatic heterocycles. The summed E-state index contributed by atoms with van der Waals surface area (Å²) < 4.78 is 5.48. The van der Waals surface area contributed by atoms with Crippen LogP contribution in [0, 0.1) is 0 Å². The molecule has 0 radical (unpaired) electrons. The molecule has 30 heavy (non-hydrogen) atoms. The van der Waals surface area contributed by atoms with Crippen LogP contribution in [0.2, 0.25) is 5.02 Å². The van der Waals surface area contributed by atoms with Gasteiger partial charge >= 0.3 is 5.97 Å². The van der Waals surface area contributed by atoms with Crippen molar-refractivity contribution in [3.05, 3.63) is 65.2 Å². The normalized spacial score (nSPS) is 16.1. The van der Waals surface area contributed by atoms with Gasteiger partial charge in [-0.3, -0.25) is 14.6 Å². The van der Waals surface area contributed by atoms with Crippen molar-refractivity contribution in [2.45, 2.75) is 45.2 Å². The first-order valence-corrected chi connectivity index (χ1v) is 10.9. The van der Waals surface area contributed by atoms with Crippen molar-refractivity contribution in [2.75, 3.05) is 24.6 Å². The molecular weight excluding hydrogens is 400 g/mol. The van der Waals surface area contributed by atoms with Crippen LogP contribution in [-0.4, -0.2) is 42.0 Å². The minimum atomic E-state index is -1.05. The molecule has 160 valence electrons. The average molecular weight is 429 g/mol. The summed E-state index contributed by atoms with van der Waals surface area (Å²) in [6.45, 7) is 6.04. The number of benzene rings is 2. The van der Waals surface area contributed by atoms with E-state index in [0.29, 0.717) is 36.6 Å². The Bertz CT molecular complexity index is 864. The van der Waals surface area contributed by atoms with Gasteiger partial charge < -0.3 is 4.74 Å². The number of carbonyl (C=O) groups excluding carboxylic acids is 2. The minimum absolute atomic E-state index is 0.132. The van der Waals surface area contributed by atoms with Crippen molar-refractivity contribution in [1.82, 2.24) is 4.90 Å². The maximum Gasteiger partial charge on any atom is 0.332 e. The molecule has 1 amide bonds. The Morgan fingerprint density at radius 3 is 2.27 bits per heavy atom. The summed E-state index contributed by atoms with van der Waals surface area (Å²) in [6.07, 6.45) is 1.27. The molecule has 5 nitrogen and oxygen atoms in total. The lowest BCUT2D eigenvalue weighted by atomic mass is 9.84. The molecule has 3 rings (SSSR count). The van der Waals surface area contributed by atoms with E-state index in [4.69, 9.17) is 16.3 Å². The van der Waals surface area contributed by atoms with Gasteiger partial charge in [0.15, 0.2) is 0 Å². The third kappa shape index (κ3) is 4.68. The van der Waals surface area contributed by atoms with Gasteiger partial charge in [-0.05, 0) is 37.5 Å². The lowest BCUT2D eigenvalue weighted by molar-refractivity contribution is -0.153. The Hall–Kier alpha value is -2.37. The van der Waals surface area contributed by atoms with Crippen LogP contribution in [0.1, 0.15) is 38.7 Å². The highest BCUT2D eigenvalue weighted by atomic mass is 35.5. The van der Waals surface area contributed by atoms with E-state index in [-0.39, 0.29) is 24.9 Å². The lowest BCUT2D eigenvalue weighted by Gasteiger charge is -2.46. The quantitative estimate of drug-likeness (QED) is 0.601. The first-order chi connectivity index (χ1) is 14.5. The van der Waals surface area contributed by atoms with E-state index in [1.54, 1.807) is 30.9 Å². The number of para-hydroxylation sites is 1. The second-order valence-corrected chi connectivity index (χ2v) is 7.96. The Kier molecular flexibility index (Phi) is 7.51. The standard InChI is InChI=1S/C24H29ClN2O3/c1-3-22(28)27(21-13-9-8-12-20(21)25)24(23(29)30-4-2)14-16-26(17-15-24)18-19-10-6-5-7-11-19/h5-13H,3-4,14-18H2,1-2H3. The number of piperidine rings is 1. The smallest absolute Gasteiger partial charge is 0.332 e. The topological polar surface area (TPSA) is 49.9 Å². The van der Waals surface area contributed by atoms with Crippen LogP contribution in [0.4, 0.5) is 5.69 Å². The SMILES string of the molecule is CCOC(=O)C1(N(C(=O)CC)c2ccccc2Cl)CCN(Cc2ccccc2)CC1. The second kappa shape index (κ2) is 10.1. The molecule has 0 atom stereocenters. The molecule has 0 bridgehead atoms. The molecular formula is C24H29ClN2O3. The lowest BCUT2D eigenvalue weighted by Crippen LogP contribution is -2.62. The van der Waals surface area contributed by atoms with Gasteiger partial charge in [0.05, 0.1) is 17.3 Å². The fourth-order valence-electron chi connectivity index (χ4n) is 4.10. The Morgan fingerprint density at radius 2 is 1.67 bits per heavy atom. The summed E-state index contributed by atoms with van der Waals surface area (Å²) in [5, 5.41) is 0.453. The van der Waals surface area contributed by atoms with Crippen LogP contribution in [0.15, 0.2) is 54.6 Å². The number of anilines is 1. The van der Waals surface area contributed by atoms with Crippen molar-refractivity contribution in [2.24, 2.45) is 0 Å². The summed E-state index contributed by atoms with van der Waals surface area (Å²) in [5.74, 6) is -0.487. The van der Waals surface area contributed by atoms with Crippen LogP contribution in [0.5, 0.6) is 0 Å². The Balaban J connectivity index is 1.92. The molecule has 1 heterocycles. The number of hydrogen-bond donors (Lipinski definition) is 0. The molecule has 1 aliphatic heterocycles. The first-order valence-electron chi connectivity index (χ1n) is 10.5. The molecule has 1 aliphatic rings. The maximum atomic E-state index is 13.3. The van der Waals surface area contributed by atoms with Crippen LogP contribution < -0.4 is 4.90 Å². The number of esters is 1. The Morgan fingerprint density at radius 1 is 1.03 bits per heavy atom. The molecule has 0 unspecified atom stereocenters. The number of halogens is 1. The van der Waals surface area contributed by atoms with Gasteiger partial charge in [0, 0.05) is 26.1 Å². The molecule has 2 aromatic rings. The number of ether oxygens (including phenoxy) is 1. The zero-order valence-corrected chi connectivity index (χ0v) is 18.4. The van der Waals surface area contributed by atoms with Crippen molar-refractivity contribution in [3.63, 3.8) is 0 Å². The fraction of sp³-hybridized carbons (Fsp3) is 0.417. The zero-order valence-electron chi connectivity index (χ0n) is 17.6. The molecule has 0 aliphatic carbocycles. The van der Waals surface area contributed by atoms with E-state index >= 15 is 0 Å². The van der Waals surface area contributed by atoms with Crippen molar-refractivity contribution < 1.29 is 14.3 Å². The van der Waals surface area contributed by atoms with E-state index in [1.165, 1.54) is 5.56 Å². The number of rotatable bonds is 7. The third-order valence-electron chi connectivity index (χ3n) is 5.66. The maximum absolute atomic E-state index is 13.3. The summed E-state index contributed by atoms with van der Waals surface area (Å²) in [5.41, 5.74) is 0.741. The highest BCUT2D eigenvalue weighted by Gasteiger charge is 2.50. The predicted molar refractivity (Wildman–Crippen MR) is 120 cm³/mol. The summed E-state index contributed by atoms with van der Waals surface area (Å²) in [4.78, 5) is 30.3. The number of amides is 1. The predicted octanol–water partition coefficient (Wildman–Crippen LogP) is 4.68. The van der Waals surface area contributed by atoms with E-state index in [1.807, 2.05) is 30.3 Å². The first kappa shape index (κ1) is 22.3. The zero-order chi connectivity index (χ0) is 21.6. The molecule has 6 heteroatoms. The van der Waals surface area contributed by atoms with Crippen LogP contribution in [-0.2, 0) is 20.9 Å². The molecule has 1 fully saturated rings. The van der Waals surface area contributed by atoms with Gasteiger partial charge in [0.2, 0.25) is 5.91 Å². The van der Waals surface area contributed by atoms with Gasteiger partial charge in [-0.15, -0.1) is 0 Å². The highest BCUT2D eigenvalue weighted by molar-refractivity contribution is 6.34. The minimum Gasteiger partial charge on any atom is -0.464 e. The summed E-state index contributed by atoms with van der Waals surface area (Å²) >= 11 is 6.46. The number of hydrogen-bond acceptors (Lipinski definition) is 4. The molecule has 2 aromatic carbocycles. The summed E-state index contributed by atoms with van der Waals surface area (Å²) in [7, 11) is 0. The largest absolute Gasteiger partial charge is 0.464 e. The highest BCUT2D eigenvalue weighted by Crippen LogP contribution is 2.38. The van der Waals surface area contributed by atoms with E-state index < -0.39 is 5.54 Å². The fourth-order valence-corrected chi connectivity index (χ4v) is 4.32. The van der Waals surface area contributed by atoms with Gasteiger partial charge in [-0.25, -0.2) is 4.79 Å². The van der Waals surface area contributed by atoms with Crippen molar-refractivity contribution in [1.29, 1.82) is 0 Å². The second-order valence-electron chi connectivity index (χ2n) is 7.55. The number of carbonyl (C=O) groups is 2. The van der Waals surface area contributed by atoms with Crippen LogP contribution in [0.3, 0.4) is 0 Å². The van der Waals surface area contributed by atoms with Gasteiger partial charge in [0.1, 0.15) is 5.54 Å². The van der Waals surface area contributed by atoms with E-state index in [9.17, 15) is 9.59 Å². The molecule has 0 saturated carbocycles.